The molecule has 3 aromatic rings. The van der Waals surface area contributed by atoms with Crippen molar-refractivity contribution in [3.63, 3.8) is 0 Å². The summed E-state index contributed by atoms with van der Waals surface area (Å²) in [6.07, 6.45) is 5.40. The second-order valence-corrected chi connectivity index (χ2v) is 6.25. The average molecular weight is 325 g/mol. The molecule has 1 aromatic carbocycles. The summed E-state index contributed by atoms with van der Waals surface area (Å²) >= 11 is 0. The smallest absolute Gasteiger partial charge is 0.110 e. The van der Waals surface area contributed by atoms with Gasteiger partial charge in [-0.3, -0.25) is 9.25 Å². The van der Waals surface area contributed by atoms with Gasteiger partial charge in [0.1, 0.15) is 11.4 Å². The van der Waals surface area contributed by atoms with Crippen LogP contribution in [0.15, 0.2) is 48.9 Å². The Labute approximate surface area is 141 Å². The number of imidazole rings is 1. The molecule has 0 saturated carbocycles. The number of para-hydroxylation sites is 1. The van der Waals surface area contributed by atoms with Crippen LogP contribution in [0.2, 0.25) is 0 Å². The third-order valence-electron chi connectivity index (χ3n) is 4.13. The molecule has 6 heteroatoms. The third kappa shape index (κ3) is 3.39. The van der Waals surface area contributed by atoms with E-state index in [9.17, 15) is 5.11 Å². The second kappa shape index (κ2) is 6.59. The van der Waals surface area contributed by atoms with Crippen molar-refractivity contribution in [1.82, 2.24) is 24.6 Å². The lowest BCUT2D eigenvalue weighted by molar-refractivity contribution is 0.0565. The van der Waals surface area contributed by atoms with Gasteiger partial charge in [0.2, 0.25) is 0 Å². The molecular weight excluding hydrogens is 302 g/mol. The van der Waals surface area contributed by atoms with Crippen molar-refractivity contribution in [1.29, 1.82) is 0 Å². The van der Waals surface area contributed by atoms with Gasteiger partial charge in [0.05, 0.1) is 18.1 Å². The van der Waals surface area contributed by atoms with Crippen molar-refractivity contribution < 1.29 is 5.11 Å². The van der Waals surface area contributed by atoms with Crippen LogP contribution >= 0.6 is 0 Å². The summed E-state index contributed by atoms with van der Waals surface area (Å²) in [5.41, 5.74) is 1.97. The number of benzene rings is 1. The van der Waals surface area contributed by atoms with Crippen molar-refractivity contribution in [2.45, 2.75) is 26.0 Å². The number of aliphatic hydroxyl groups is 1. The Balaban J connectivity index is 1.70. The first kappa shape index (κ1) is 16.4. The molecule has 0 radical (unpaired) electrons. The minimum atomic E-state index is -0.971. The molecule has 24 heavy (non-hydrogen) atoms. The molecule has 6 nitrogen and oxygen atoms in total. The SMILES string of the molecule is Cc1ncc(CNC[C@@](C)(O)c2cnn(C)c2)n1-c1ccccc1. The van der Waals surface area contributed by atoms with Crippen LogP contribution in [-0.4, -0.2) is 31.0 Å². The number of aromatic nitrogens is 4. The quantitative estimate of drug-likeness (QED) is 0.726. The van der Waals surface area contributed by atoms with Crippen LogP contribution in [-0.2, 0) is 19.2 Å². The van der Waals surface area contributed by atoms with Gasteiger partial charge in [-0.1, -0.05) is 18.2 Å². The molecule has 0 aliphatic rings. The summed E-state index contributed by atoms with van der Waals surface area (Å²) in [6.45, 7) is 4.82. The first-order valence-electron chi connectivity index (χ1n) is 7.98. The van der Waals surface area contributed by atoms with E-state index in [-0.39, 0.29) is 0 Å². The zero-order chi connectivity index (χ0) is 17.2. The lowest BCUT2D eigenvalue weighted by Crippen LogP contribution is -2.35. The maximum absolute atomic E-state index is 10.6. The molecule has 0 aliphatic carbocycles. The van der Waals surface area contributed by atoms with Crippen molar-refractivity contribution >= 4 is 0 Å². The minimum Gasteiger partial charge on any atom is -0.384 e. The maximum Gasteiger partial charge on any atom is 0.110 e. The Bertz CT molecular complexity index is 804. The van der Waals surface area contributed by atoms with Gasteiger partial charge in [-0.25, -0.2) is 4.98 Å². The fraction of sp³-hybridized carbons (Fsp3) is 0.333. The Morgan fingerprint density at radius 1 is 1.21 bits per heavy atom. The minimum absolute atomic E-state index is 0.428. The summed E-state index contributed by atoms with van der Waals surface area (Å²) < 4.78 is 3.81. The van der Waals surface area contributed by atoms with Gasteiger partial charge < -0.3 is 10.4 Å². The first-order valence-corrected chi connectivity index (χ1v) is 7.98. The summed E-state index contributed by atoms with van der Waals surface area (Å²) in [4.78, 5) is 4.42. The highest BCUT2D eigenvalue weighted by Gasteiger charge is 2.24. The Hall–Kier alpha value is -2.44. The Morgan fingerprint density at radius 2 is 1.96 bits per heavy atom. The Morgan fingerprint density at radius 3 is 2.62 bits per heavy atom. The van der Waals surface area contributed by atoms with Crippen molar-refractivity contribution in [3.8, 4) is 5.69 Å². The highest BCUT2D eigenvalue weighted by molar-refractivity contribution is 5.35. The van der Waals surface area contributed by atoms with E-state index in [0.29, 0.717) is 13.1 Å². The van der Waals surface area contributed by atoms with Gasteiger partial charge in [0.15, 0.2) is 0 Å². The van der Waals surface area contributed by atoms with Gasteiger partial charge in [-0.15, -0.1) is 0 Å². The number of hydrogen-bond donors (Lipinski definition) is 2. The van der Waals surface area contributed by atoms with E-state index in [4.69, 9.17) is 0 Å². The normalized spacial score (nSPS) is 13.8. The van der Waals surface area contributed by atoms with Crippen LogP contribution in [0.25, 0.3) is 5.69 Å². The van der Waals surface area contributed by atoms with E-state index < -0.39 is 5.60 Å². The number of hydrogen-bond acceptors (Lipinski definition) is 4. The topological polar surface area (TPSA) is 67.9 Å². The molecule has 3 rings (SSSR count). The molecule has 0 unspecified atom stereocenters. The standard InChI is InChI=1S/C18H23N5O/c1-14-20-11-17(23(14)16-7-5-4-6-8-16)10-19-13-18(2,24)15-9-21-22(3)12-15/h4-9,11-12,19,24H,10,13H2,1-3H3/t18-/m1/s1. The van der Waals surface area contributed by atoms with Gasteiger partial charge in [-0.05, 0) is 26.0 Å². The third-order valence-corrected chi connectivity index (χ3v) is 4.13. The molecule has 0 bridgehead atoms. The van der Waals surface area contributed by atoms with Crippen molar-refractivity contribution in [2.75, 3.05) is 6.54 Å². The average Bonchev–Trinajstić information content (AvgIpc) is 3.15. The fourth-order valence-corrected chi connectivity index (χ4v) is 2.78. The van der Waals surface area contributed by atoms with Crippen LogP contribution < -0.4 is 5.32 Å². The molecule has 0 spiro atoms. The lowest BCUT2D eigenvalue weighted by Gasteiger charge is -2.22. The fourth-order valence-electron chi connectivity index (χ4n) is 2.78. The van der Waals surface area contributed by atoms with Gasteiger partial charge in [0, 0.05) is 37.6 Å². The van der Waals surface area contributed by atoms with E-state index in [1.54, 1.807) is 17.8 Å². The molecule has 0 fully saturated rings. The van der Waals surface area contributed by atoms with Gasteiger partial charge >= 0.3 is 0 Å². The lowest BCUT2D eigenvalue weighted by atomic mass is 10.00. The molecule has 0 amide bonds. The largest absolute Gasteiger partial charge is 0.384 e. The van der Waals surface area contributed by atoms with E-state index in [0.717, 1.165) is 22.8 Å². The summed E-state index contributed by atoms with van der Waals surface area (Å²) in [5.74, 6) is 0.942. The predicted octanol–water partition coefficient (Wildman–Crippen LogP) is 1.91. The van der Waals surface area contributed by atoms with E-state index in [1.807, 2.05) is 44.6 Å². The molecule has 2 aromatic heterocycles. The van der Waals surface area contributed by atoms with Crippen LogP contribution in [0.3, 0.4) is 0 Å². The van der Waals surface area contributed by atoms with Crippen LogP contribution in [0.1, 0.15) is 24.0 Å². The zero-order valence-electron chi connectivity index (χ0n) is 14.3. The van der Waals surface area contributed by atoms with Crippen molar-refractivity contribution in [2.24, 2.45) is 7.05 Å². The summed E-state index contributed by atoms with van der Waals surface area (Å²) in [5, 5.41) is 18.1. The maximum atomic E-state index is 10.6. The number of nitrogens with zero attached hydrogens (tertiary/aromatic N) is 4. The van der Waals surface area contributed by atoms with Crippen LogP contribution in [0.4, 0.5) is 0 Å². The summed E-state index contributed by atoms with van der Waals surface area (Å²) in [7, 11) is 1.84. The highest BCUT2D eigenvalue weighted by Crippen LogP contribution is 2.19. The van der Waals surface area contributed by atoms with E-state index in [2.05, 4.69) is 32.1 Å². The monoisotopic (exact) mass is 325 g/mol. The number of aryl methyl sites for hydroxylation is 2. The summed E-state index contributed by atoms with van der Waals surface area (Å²) in [6, 6.07) is 10.1. The second-order valence-electron chi connectivity index (χ2n) is 6.25. The molecule has 126 valence electrons. The zero-order valence-corrected chi connectivity index (χ0v) is 14.3. The number of nitrogens with one attached hydrogen (secondary N) is 1. The molecule has 0 aliphatic heterocycles. The molecular formula is C18H23N5O. The van der Waals surface area contributed by atoms with Crippen molar-refractivity contribution in [3.05, 3.63) is 66.0 Å². The number of rotatable bonds is 6. The van der Waals surface area contributed by atoms with Gasteiger partial charge in [-0.2, -0.15) is 5.10 Å². The molecule has 1 atom stereocenters. The molecule has 0 saturated heterocycles. The van der Waals surface area contributed by atoms with Crippen LogP contribution in [0.5, 0.6) is 0 Å². The first-order chi connectivity index (χ1) is 11.5. The molecule has 2 N–H and O–H groups in total. The predicted molar refractivity (Wildman–Crippen MR) is 92.8 cm³/mol. The van der Waals surface area contributed by atoms with E-state index in [1.165, 1.54) is 0 Å². The highest BCUT2D eigenvalue weighted by atomic mass is 16.3. The van der Waals surface area contributed by atoms with Crippen LogP contribution in [0, 0.1) is 6.92 Å². The Kier molecular flexibility index (Phi) is 4.51. The van der Waals surface area contributed by atoms with Gasteiger partial charge in [0.25, 0.3) is 0 Å². The molecule has 2 heterocycles. The van der Waals surface area contributed by atoms with E-state index >= 15 is 0 Å².